The summed E-state index contributed by atoms with van der Waals surface area (Å²) in [5.41, 5.74) is 8.17. The van der Waals surface area contributed by atoms with E-state index < -0.39 is 0 Å². The van der Waals surface area contributed by atoms with Crippen LogP contribution in [0.5, 0.6) is 0 Å². The standard InChI is InChI=1S/C13H22N2.C2H6/c1-11(2)13-6-4-12(5-7-13)10-15-9-3-8-14;1-2/h4-7,11,15H,3,8-10,14H2,1-2H3;1-2H3. The normalized spacial score (nSPS) is 10.0. The van der Waals surface area contributed by atoms with Crippen LogP contribution in [-0.4, -0.2) is 13.1 Å². The lowest BCUT2D eigenvalue weighted by Crippen LogP contribution is -2.17. The van der Waals surface area contributed by atoms with Gasteiger partial charge in [-0.25, -0.2) is 0 Å². The number of nitrogens with one attached hydrogen (secondary N) is 1. The van der Waals surface area contributed by atoms with Gasteiger partial charge in [-0.05, 0) is 36.6 Å². The SMILES string of the molecule is CC.CC(C)c1ccc(CNCCCN)cc1. The Bertz CT molecular complexity index is 265. The molecule has 0 fully saturated rings. The lowest BCUT2D eigenvalue weighted by Gasteiger charge is -2.07. The Hall–Kier alpha value is -0.860. The van der Waals surface area contributed by atoms with Crippen molar-refractivity contribution in [2.45, 2.75) is 46.6 Å². The summed E-state index contributed by atoms with van der Waals surface area (Å²) in [4.78, 5) is 0. The molecule has 2 nitrogen and oxygen atoms in total. The van der Waals surface area contributed by atoms with Gasteiger partial charge in [0.15, 0.2) is 0 Å². The maximum atomic E-state index is 5.42. The Morgan fingerprint density at radius 2 is 1.71 bits per heavy atom. The molecule has 0 bridgehead atoms. The molecule has 2 heteroatoms. The molecular weight excluding hydrogens is 208 g/mol. The molecule has 0 unspecified atom stereocenters. The molecule has 0 amide bonds. The summed E-state index contributed by atoms with van der Waals surface area (Å²) < 4.78 is 0. The molecule has 0 aliphatic heterocycles. The van der Waals surface area contributed by atoms with E-state index in [9.17, 15) is 0 Å². The van der Waals surface area contributed by atoms with Crippen LogP contribution >= 0.6 is 0 Å². The third-order valence-corrected chi connectivity index (χ3v) is 2.53. The Kier molecular flexibility index (Phi) is 9.78. The second kappa shape index (κ2) is 10.3. The highest BCUT2D eigenvalue weighted by Gasteiger charge is 1.98. The van der Waals surface area contributed by atoms with Gasteiger partial charge in [0.1, 0.15) is 0 Å². The molecule has 0 saturated heterocycles. The monoisotopic (exact) mass is 236 g/mol. The van der Waals surface area contributed by atoms with E-state index in [-0.39, 0.29) is 0 Å². The molecule has 98 valence electrons. The minimum atomic E-state index is 0.615. The van der Waals surface area contributed by atoms with Gasteiger partial charge in [-0.2, -0.15) is 0 Å². The Balaban J connectivity index is 0.00000121. The first-order valence-electron chi connectivity index (χ1n) is 6.73. The first kappa shape index (κ1) is 16.1. The predicted octanol–water partition coefficient (Wildman–Crippen LogP) is 3.27. The molecule has 1 aromatic carbocycles. The van der Waals surface area contributed by atoms with Crippen molar-refractivity contribution in [2.24, 2.45) is 5.73 Å². The van der Waals surface area contributed by atoms with Crippen molar-refractivity contribution < 1.29 is 0 Å². The van der Waals surface area contributed by atoms with Crippen molar-refractivity contribution in [3.05, 3.63) is 35.4 Å². The van der Waals surface area contributed by atoms with E-state index >= 15 is 0 Å². The highest BCUT2D eigenvalue weighted by atomic mass is 14.8. The van der Waals surface area contributed by atoms with Crippen molar-refractivity contribution >= 4 is 0 Å². The zero-order chi connectivity index (χ0) is 13.1. The fraction of sp³-hybridized carbons (Fsp3) is 0.600. The second-order valence-electron chi connectivity index (χ2n) is 4.22. The van der Waals surface area contributed by atoms with Crippen LogP contribution in [0.15, 0.2) is 24.3 Å². The number of hydrogen-bond donors (Lipinski definition) is 2. The fourth-order valence-electron chi connectivity index (χ4n) is 1.48. The minimum absolute atomic E-state index is 0.615. The Labute approximate surface area is 107 Å². The van der Waals surface area contributed by atoms with Crippen molar-refractivity contribution in [3.8, 4) is 0 Å². The molecule has 0 heterocycles. The van der Waals surface area contributed by atoms with E-state index in [2.05, 4.69) is 43.4 Å². The highest BCUT2D eigenvalue weighted by molar-refractivity contribution is 5.24. The van der Waals surface area contributed by atoms with E-state index in [0.717, 1.165) is 26.1 Å². The van der Waals surface area contributed by atoms with Gasteiger partial charge >= 0.3 is 0 Å². The third-order valence-electron chi connectivity index (χ3n) is 2.53. The van der Waals surface area contributed by atoms with Gasteiger partial charge in [0.05, 0.1) is 0 Å². The van der Waals surface area contributed by atoms with Crippen LogP contribution < -0.4 is 11.1 Å². The number of rotatable bonds is 6. The summed E-state index contributed by atoms with van der Waals surface area (Å²) in [6.45, 7) is 11.1. The number of nitrogens with two attached hydrogens (primary N) is 1. The van der Waals surface area contributed by atoms with Gasteiger partial charge in [-0.15, -0.1) is 0 Å². The van der Waals surface area contributed by atoms with Crippen LogP contribution in [-0.2, 0) is 6.54 Å². The highest BCUT2D eigenvalue weighted by Crippen LogP contribution is 2.14. The van der Waals surface area contributed by atoms with E-state index in [1.165, 1.54) is 11.1 Å². The number of benzene rings is 1. The van der Waals surface area contributed by atoms with E-state index in [1.807, 2.05) is 13.8 Å². The number of hydrogen-bond acceptors (Lipinski definition) is 2. The average Bonchev–Trinajstić information content (AvgIpc) is 2.38. The lowest BCUT2D eigenvalue weighted by molar-refractivity contribution is 0.655. The van der Waals surface area contributed by atoms with Crippen LogP contribution in [0.3, 0.4) is 0 Å². The first-order valence-corrected chi connectivity index (χ1v) is 6.73. The average molecular weight is 236 g/mol. The maximum absolute atomic E-state index is 5.42. The molecule has 17 heavy (non-hydrogen) atoms. The molecule has 0 spiro atoms. The first-order chi connectivity index (χ1) is 8.24. The molecular formula is C15H28N2. The van der Waals surface area contributed by atoms with Crippen LogP contribution in [0.1, 0.15) is 51.2 Å². The molecule has 0 atom stereocenters. The fourth-order valence-corrected chi connectivity index (χ4v) is 1.48. The summed E-state index contributed by atoms with van der Waals surface area (Å²) in [6, 6.07) is 8.82. The molecule has 0 aromatic heterocycles. The summed E-state index contributed by atoms with van der Waals surface area (Å²) in [5.74, 6) is 0.615. The van der Waals surface area contributed by atoms with Gasteiger partial charge in [-0.1, -0.05) is 52.0 Å². The van der Waals surface area contributed by atoms with Crippen molar-refractivity contribution in [3.63, 3.8) is 0 Å². The lowest BCUT2D eigenvalue weighted by atomic mass is 10.0. The largest absolute Gasteiger partial charge is 0.330 e. The van der Waals surface area contributed by atoms with Crippen LogP contribution in [0, 0.1) is 0 Å². The van der Waals surface area contributed by atoms with E-state index in [1.54, 1.807) is 0 Å². The summed E-state index contributed by atoms with van der Waals surface area (Å²) in [5, 5.41) is 3.37. The molecule has 3 N–H and O–H groups in total. The Morgan fingerprint density at radius 3 is 2.18 bits per heavy atom. The summed E-state index contributed by atoms with van der Waals surface area (Å²) >= 11 is 0. The summed E-state index contributed by atoms with van der Waals surface area (Å²) in [6.07, 6.45) is 1.05. The van der Waals surface area contributed by atoms with E-state index in [0.29, 0.717) is 5.92 Å². The van der Waals surface area contributed by atoms with Gasteiger partial charge in [0.25, 0.3) is 0 Å². The second-order valence-corrected chi connectivity index (χ2v) is 4.22. The van der Waals surface area contributed by atoms with Crippen LogP contribution in [0.4, 0.5) is 0 Å². The van der Waals surface area contributed by atoms with Gasteiger partial charge in [-0.3, -0.25) is 0 Å². The Morgan fingerprint density at radius 1 is 1.12 bits per heavy atom. The smallest absolute Gasteiger partial charge is 0.0205 e. The zero-order valence-electron chi connectivity index (χ0n) is 11.8. The quantitative estimate of drug-likeness (QED) is 0.744. The van der Waals surface area contributed by atoms with Gasteiger partial charge in [0.2, 0.25) is 0 Å². The molecule has 0 radical (unpaired) electrons. The van der Waals surface area contributed by atoms with Crippen molar-refractivity contribution in [1.82, 2.24) is 5.32 Å². The predicted molar refractivity (Wildman–Crippen MR) is 77.3 cm³/mol. The minimum Gasteiger partial charge on any atom is -0.330 e. The molecule has 0 aliphatic rings. The topological polar surface area (TPSA) is 38.0 Å². The maximum Gasteiger partial charge on any atom is 0.0205 e. The zero-order valence-corrected chi connectivity index (χ0v) is 11.8. The van der Waals surface area contributed by atoms with Gasteiger partial charge < -0.3 is 11.1 Å². The molecule has 1 aromatic rings. The molecule has 1 rings (SSSR count). The third kappa shape index (κ3) is 7.14. The van der Waals surface area contributed by atoms with E-state index in [4.69, 9.17) is 5.73 Å². The van der Waals surface area contributed by atoms with Crippen LogP contribution in [0.25, 0.3) is 0 Å². The van der Waals surface area contributed by atoms with Crippen LogP contribution in [0.2, 0.25) is 0 Å². The van der Waals surface area contributed by atoms with Crippen molar-refractivity contribution in [2.75, 3.05) is 13.1 Å². The summed E-state index contributed by atoms with van der Waals surface area (Å²) in [7, 11) is 0. The van der Waals surface area contributed by atoms with Crippen molar-refractivity contribution in [1.29, 1.82) is 0 Å². The van der Waals surface area contributed by atoms with Gasteiger partial charge in [0, 0.05) is 6.54 Å². The molecule has 0 saturated carbocycles. The molecule has 0 aliphatic carbocycles.